The van der Waals surface area contributed by atoms with Gasteiger partial charge in [0.15, 0.2) is 0 Å². The van der Waals surface area contributed by atoms with Crippen LogP contribution in [0.2, 0.25) is 0 Å². The third-order valence-electron chi connectivity index (χ3n) is 2.88. The monoisotopic (exact) mass is 300 g/mol. The second-order valence-corrected chi connectivity index (χ2v) is 7.52. The van der Waals surface area contributed by atoms with E-state index in [1.165, 1.54) is 8.61 Å². The molecule has 114 valence electrons. The topological polar surface area (TPSA) is 60.9 Å². The first-order valence-electron chi connectivity index (χ1n) is 6.64. The first kappa shape index (κ1) is 17.1. The molecule has 0 heterocycles. The van der Waals surface area contributed by atoms with Crippen molar-refractivity contribution in [3.8, 4) is 0 Å². The lowest BCUT2D eigenvalue weighted by molar-refractivity contribution is 0.0587. The molecule has 0 bridgehead atoms. The Hall–Kier alpha value is -0.950. The van der Waals surface area contributed by atoms with Gasteiger partial charge in [-0.1, -0.05) is 37.3 Å². The summed E-state index contributed by atoms with van der Waals surface area (Å²) in [5, 5.41) is 9.83. The van der Waals surface area contributed by atoms with E-state index in [0.29, 0.717) is 13.1 Å². The third kappa shape index (κ3) is 4.86. The molecule has 1 aromatic carbocycles. The molecular formula is C14H24N2O3S. The summed E-state index contributed by atoms with van der Waals surface area (Å²) in [6.07, 6.45) is 0. The fourth-order valence-electron chi connectivity index (χ4n) is 1.91. The van der Waals surface area contributed by atoms with E-state index in [9.17, 15) is 13.5 Å². The van der Waals surface area contributed by atoms with Gasteiger partial charge in [0.05, 0.1) is 5.60 Å². The third-order valence-corrected chi connectivity index (χ3v) is 4.84. The van der Waals surface area contributed by atoms with Crippen LogP contribution < -0.4 is 0 Å². The van der Waals surface area contributed by atoms with Gasteiger partial charge in [0.1, 0.15) is 0 Å². The standard InChI is InChI=1S/C14H24N2O3S/c1-5-16(12-14(2,3)17)20(18,19)15(4)11-13-9-7-6-8-10-13/h6-10,17H,5,11-12H2,1-4H3. The normalized spacial score (nSPS) is 13.2. The number of benzene rings is 1. The van der Waals surface area contributed by atoms with Crippen molar-refractivity contribution in [2.45, 2.75) is 32.9 Å². The van der Waals surface area contributed by atoms with Gasteiger partial charge in [0, 0.05) is 26.7 Å². The minimum absolute atomic E-state index is 0.0744. The summed E-state index contributed by atoms with van der Waals surface area (Å²) in [7, 11) is -2.02. The molecule has 1 N–H and O–H groups in total. The number of rotatable bonds is 7. The van der Waals surface area contributed by atoms with Crippen LogP contribution in [0.3, 0.4) is 0 Å². The molecule has 0 unspecified atom stereocenters. The molecular weight excluding hydrogens is 276 g/mol. The molecule has 0 aliphatic rings. The maximum absolute atomic E-state index is 12.5. The van der Waals surface area contributed by atoms with Crippen molar-refractivity contribution in [1.82, 2.24) is 8.61 Å². The highest BCUT2D eigenvalue weighted by Crippen LogP contribution is 2.14. The van der Waals surface area contributed by atoms with E-state index in [4.69, 9.17) is 0 Å². The summed E-state index contributed by atoms with van der Waals surface area (Å²) in [6, 6.07) is 9.43. The van der Waals surface area contributed by atoms with Crippen molar-refractivity contribution in [2.24, 2.45) is 0 Å². The van der Waals surface area contributed by atoms with Gasteiger partial charge in [0.25, 0.3) is 10.2 Å². The van der Waals surface area contributed by atoms with Crippen molar-refractivity contribution in [3.63, 3.8) is 0 Å². The van der Waals surface area contributed by atoms with Crippen LogP contribution in [0.4, 0.5) is 0 Å². The van der Waals surface area contributed by atoms with Crippen molar-refractivity contribution < 1.29 is 13.5 Å². The number of hydrogen-bond donors (Lipinski definition) is 1. The van der Waals surface area contributed by atoms with Gasteiger partial charge in [-0.15, -0.1) is 0 Å². The van der Waals surface area contributed by atoms with Crippen LogP contribution in [0.15, 0.2) is 30.3 Å². The van der Waals surface area contributed by atoms with E-state index in [1.807, 2.05) is 30.3 Å². The lowest BCUT2D eigenvalue weighted by Gasteiger charge is -2.30. The van der Waals surface area contributed by atoms with Crippen LogP contribution in [0.1, 0.15) is 26.3 Å². The van der Waals surface area contributed by atoms with Gasteiger partial charge < -0.3 is 5.11 Å². The van der Waals surface area contributed by atoms with E-state index < -0.39 is 15.8 Å². The summed E-state index contributed by atoms with van der Waals surface area (Å²) in [6.45, 7) is 5.67. The molecule has 0 spiro atoms. The lowest BCUT2D eigenvalue weighted by atomic mass is 10.1. The quantitative estimate of drug-likeness (QED) is 0.829. The first-order chi connectivity index (χ1) is 9.16. The molecule has 1 rings (SSSR count). The minimum atomic E-state index is -3.58. The Labute approximate surface area is 122 Å². The van der Waals surface area contributed by atoms with Crippen molar-refractivity contribution in [2.75, 3.05) is 20.1 Å². The Morgan fingerprint density at radius 3 is 2.20 bits per heavy atom. The van der Waals surface area contributed by atoms with Gasteiger partial charge in [0.2, 0.25) is 0 Å². The molecule has 0 aromatic heterocycles. The molecule has 5 nitrogen and oxygen atoms in total. The number of hydrogen-bond acceptors (Lipinski definition) is 3. The van der Waals surface area contributed by atoms with E-state index in [0.717, 1.165) is 5.56 Å². The zero-order valence-electron chi connectivity index (χ0n) is 12.6. The lowest BCUT2D eigenvalue weighted by Crippen LogP contribution is -2.47. The van der Waals surface area contributed by atoms with Gasteiger partial charge in [-0.05, 0) is 19.4 Å². The smallest absolute Gasteiger partial charge is 0.282 e. The zero-order chi connectivity index (χ0) is 15.4. The zero-order valence-corrected chi connectivity index (χ0v) is 13.4. The predicted octanol–water partition coefficient (Wildman–Crippen LogP) is 1.46. The molecule has 0 aliphatic heterocycles. The van der Waals surface area contributed by atoms with Gasteiger partial charge in [-0.3, -0.25) is 0 Å². The molecule has 0 saturated heterocycles. The fourth-order valence-corrected chi connectivity index (χ4v) is 3.42. The average Bonchev–Trinajstić information content (AvgIpc) is 2.35. The van der Waals surface area contributed by atoms with Gasteiger partial charge in [-0.2, -0.15) is 17.0 Å². The number of likely N-dealkylation sites (N-methyl/N-ethyl adjacent to an activating group) is 1. The van der Waals surface area contributed by atoms with Crippen LogP contribution in [-0.2, 0) is 16.8 Å². The van der Waals surface area contributed by atoms with Crippen LogP contribution in [0.25, 0.3) is 0 Å². The minimum Gasteiger partial charge on any atom is -0.389 e. The Bertz CT molecular complexity index is 509. The number of nitrogens with zero attached hydrogens (tertiary/aromatic N) is 2. The summed E-state index contributed by atoms with van der Waals surface area (Å²) in [5.41, 5.74) is -0.130. The van der Waals surface area contributed by atoms with Crippen LogP contribution in [0, 0.1) is 0 Å². The van der Waals surface area contributed by atoms with E-state index in [-0.39, 0.29) is 6.54 Å². The molecule has 0 fully saturated rings. The highest BCUT2D eigenvalue weighted by molar-refractivity contribution is 7.86. The molecule has 0 aliphatic carbocycles. The van der Waals surface area contributed by atoms with Crippen molar-refractivity contribution >= 4 is 10.2 Å². The number of aliphatic hydroxyl groups is 1. The van der Waals surface area contributed by atoms with Crippen LogP contribution in [-0.4, -0.2) is 47.9 Å². The second-order valence-electron chi connectivity index (χ2n) is 5.49. The highest BCUT2D eigenvalue weighted by atomic mass is 32.2. The van der Waals surface area contributed by atoms with Crippen molar-refractivity contribution in [1.29, 1.82) is 0 Å². The van der Waals surface area contributed by atoms with Gasteiger partial charge >= 0.3 is 0 Å². The summed E-state index contributed by atoms with van der Waals surface area (Å²) >= 11 is 0. The molecule has 6 heteroatoms. The second kappa shape index (κ2) is 6.67. The molecule has 0 amide bonds. The highest BCUT2D eigenvalue weighted by Gasteiger charge is 2.30. The van der Waals surface area contributed by atoms with Crippen LogP contribution >= 0.6 is 0 Å². The van der Waals surface area contributed by atoms with Crippen LogP contribution in [0.5, 0.6) is 0 Å². The van der Waals surface area contributed by atoms with E-state index >= 15 is 0 Å². The predicted molar refractivity (Wildman–Crippen MR) is 80.4 cm³/mol. The Morgan fingerprint density at radius 1 is 1.20 bits per heavy atom. The average molecular weight is 300 g/mol. The SMILES string of the molecule is CCN(CC(C)(C)O)S(=O)(=O)N(C)Cc1ccccc1. The summed E-state index contributed by atoms with van der Waals surface area (Å²) < 4.78 is 27.6. The Balaban J connectivity index is 2.85. The van der Waals surface area contributed by atoms with Gasteiger partial charge in [-0.25, -0.2) is 0 Å². The summed E-state index contributed by atoms with van der Waals surface area (Å²) in [4.78, 5) is 0. The van der Waals surface area contributed by atoms with E-state index in [2.05, 4.69) is 0 Å². The molecule has 1 aromatic rings. The maximum Gasteiger partial charge on any atom is 0.282 e. The molecule has 0 saturated carbocycles. The molecule has 0 radical (unpaired) electrons. The van der Waals surface area contributed by atoms with Crippen molar-refractivity contribution in [3.05, 3.63) is 35.9 Å². The first-order valence-corrected chi connectivity index (χ1v) is 8.04. The molecule has 0 atom stereocenters. The largest absolute Gasteiger partial charge is 0.389 e. The fraction of sp³-hybridized carbons (Fsp3) is 0.571. The maximum atomic E-state index is 12.5. The molecule has 20 heavy (non-hydrogen) atoms. The Kier molecular flexibility index (Phi) is 5.70. The van der Waals surface area contributed by atoms with E-state index in [1.54, 1.807) is 27.8 Å². The Morgan fingerprint density at radius 2 is 1.75 bits per heavy atom. The summed E-state index contributed by atoms with van der Waals surface area (Å²) in [5.74, 6) is 0.